The van der Waals surface area contributed by atoms with Gasteiger partial charge in [0.2, 0.25) is 0 Å². The molecule has 4 nitrogen and oxygen atoms in total. The number of rotatable bonds is 4. The predicted octanol–water partition coefficient (Wildman–Crippen LogP) is 2.94. The molecule has 0 radical (unpaired) electrons. The van der Waals surface area contributed by atoms with Crippen LogP contribution in [0.25, 0.3) is 0 Å². The molecular weight excluding hydrogens is 280 g/mol. The van der Waals surface area contributed by atoms with Crippen LogP contribution in [0.2, 0.25) is 0 Å². The van der Waals surface area contributed by atoms with Crippen LogP contribution in [0.1, 0.15) is 51.4 Å². The molecule has 0 aromatic rings. The number of fused-ring (bicyclic) bond motifs is 4. The van der Waals surface area contributed by atoms with Crippen LogP contribution < -0.4 is 0 Å². The van der Waals surface area contributed by atoms with Crippen molar-refractivity contribution >= 4 is 11.9 Å². The van der Waals surface area contributed by atoms with Crippen molar-refractivity contribution in [2.45, 2.75) is 57.5 Å². The number of ether oxygens (including phenoxy) is 2. The monoisotopic (exact) mass is 306 g/mol. The highest BCUT2D eigenvalue weighted by Gasteiger charge is 2.50. The van der Waals surface area contributed by atoms with Crippen LogP contribution in [-0.4, -0.2) is 25.2 Å². The van der Waals surface area contributed by atoms with E-state index < -0.39 is 5.92 Å². The van der Waals surface area contributed by atoms with Gasteiger partial charge in [-0.2, -0.15) is 0 Å². The van der Waals surface area contributed by atoms with Crippen LogP contribution in [0, 0.1) is 35.5 Å². The number of methoxy groups -OCH3 is 1. The maximum Gasteiger partial charge on any atom is 0.320 e. The van der Waals surface area contributed by atoms with E-state index in [2.05, 4.69) is 0 Å². The minimum absolute atomic E-state index is 0.0528. The van der Waals surface area contributed by atoms with E-state index in [0.717, 1.165) is 25.2 Å². The van der Waals surface area contributed by atoms with Gasteiger partial charge in [0.15, 0.2) is 5.92 Å². The van der Waals surface area contributed by atoms with E-state index in [1.807, 2.05) is 0 Å². The van der Waals surface area contributed by atoms with Gasteiger partial charge in [-0.1, -0.05) is 6.42 Å². The van der Waals surface area contributed by atoms with Gasteiger partial charge >= 0.3 is 11.9 Å². The first-order valence-corrected chi connectivity index (χ1v) is 8.94. The SMILES string of the molecule is COC(=O)C(C(=O)OC1CC2CCC1C2)C1CC2CCC1C2. The second-order valence-electron chi connectivity index (χ2n) is 7.99. The number of hydrogen-bond acceptors (Lipinski definition) is 4. The number of esters is 2. The Hall–Kier alpha value is -1.06. The molecule has 122 valence electrons. The third-order valence-electron chi connectivity index (χ3n) is 6.87. The van der Waals surface area contributed by atoms with Gasteiger partial charge in [-0.15, -0.1) is 0 Å². The van der Waals surface area contributed by atoms with Crippen LogP contribution >= 0.6 is 0 Å². The van der Waals surface area contributed by atoms with Crippen molar-refractivity contribution < 1.29 is 19.1 Å². The summed E-state index contributed by atoms with van der Waals surface area (Å²) in [6.07, 6.45) is 9.31. The lowest BCUT2D eigenvalue weighted by Gasteiger charge is -2.29. The van der Waals surface area contributed by atoms with E-state index in [0.29, 0.717) is 17.8 Å². The standard InChI is InChI=1S/C18H26O4/c1-21-17(19)16(14-8-10-2-4-12(14)6-10)18(20)22-15-9-11-3-5-13(15)7-11/h10-16H,2-9H2,1H3. The van der Waals surface area contributed by atoms with Gasteiger partial charge in [0.25, 0.3) is 0 Å². The van der Waals surface area contributed by atoms with Crippen molar-refractivity contribution in [3.05, 3.63) is 0 Å². The molecule has 4 saturated carbocycles. The summed E-state index contributed by atoms with van der Waals surface area (Å²) in [6, 6.07) is 0. The van der Waals surface area contributed by atoms with Crippen LogP contribution in [0.4, 0.5) is 0 Å². The van der Waals surface area contributed by atoms with Crippen LogP contribution in [0.5, 0.6) is 0 Å². The molecule has 4 aliphatic carbocycles. The maximum atomic E-state index is 12.7. The zero-order chi connectivity index (χ0) is 15.3. The molecule has 0 heterocycles. The maximum absolute atomic E-state index is 12.7. The number of carbonyl (C=O) groups excluding carboxylic acids is 2. The van der Waals surface area contributed by atoms with Crippen molar-refractivity contribution in [3.63, 3.8) is 0 Å². The van der Waals surface area contributed by atoms with Gasteiger partial charge in [0.05, 0.1) is 7.11 Å². The lowest BCUT2D eigenvalue weighted by atomic mass is 9.79. The van der Waals surface area contributed by atoms with E-state index in [1.54, 1.807) is 0 Å². The minimum Gasteiger partial charge on any atom is -0.468 e. The summed E-state index contributed by atoms with van der Waals surface area (Å²) in [6.45, 7) is 0. The molecule has 0 aliphatic heterocycles. The van der Waals surface area contributed by atoms with Crippen molar-refractivity contribution in [2.24, 2.45) is 35.5 Å². The molecule has 0 spiro atoms. The van der Waals surface area contributed by atoms with Gasteiger partial charge in [-0.3, -0.25) is 9.59 Å². The van der Waals surface area contributed by atoms with Crippen LogP contribution in [0.15, 0.2) is 0 Å². The number of carbonyl (C=O) groups is 2. The molecule has 0 saturated heterocycles. The molecule has 4 fully saturated rings. The van der Waals surface area contributed by atoms with Gasteiger partial charge in [0.1, 0.15) is 6.10 Å². The van der Waals surface area contributed by atoms with Gasteiger partial charge in [-0.25, -0.2) is 0 Å². The normalized spacial score (nSPS) is 43.3. The smallest absolute Gasteiger partial charge is 0.320 e. The van der Waals surface area contributed by atoms with E-state index in [9.17, 15) is 9.59 Å². The molecule has 7 unspecified atom stereocenters. The zero-order valence-corrected chi connectivity index (χ0v) is 13.3. The predicted molar refractivity (Wildman–Crippen MR) is 79.8 cm³/mol. The summed E-state index contributed by atoms with van der Waals surface area (Å²) in [7, 11) is 1.38. The van der Waals surface area contributed by atoms with Gasteiger partial charge in [0, 0.05) is 0 Å². The highest BCUT2D eigenvalue weighted by Crippen LogP contribution is 2.52. The third-order valence-corrected chi connectivity index (χ3v) is 6.87. The summed E-state index contributed by atoms with van der Waals surface area (Å²) in [5, 5.41) is 0. The number of hydrogen-bond donors (Lipinski definition) is 0. The fourth-order valence-electron chi connectivity index (χ4n) is 5.83. The first-order chi connectivity index (χ1) is 10.7. The summed E-state index contributed by atoms with van der Waals surface area (Å²) < 4.78 is 10.8. The Morgan fingerprint density at radius 3 is 2.05 bits per heavy atom. The Kier molecular flexibility index (Phi) is 3.66. The van der Waals surface area contributed by atoms with E-state index >= 15 is 0 Å². The third kappa shape index (κ3) is 2.35. The lowest BCUT2D eigenvalue weighted by molar-refractivity contribution is -0.169. The van der Waals surface area contributed by atoms with E-state index in [4.69, 9.17) is 9.47 Å². The summed E-state index contributed by atoms with van der Waals surface area (Å²) in [5.74, 6) is 1.28. The van der Waals surface area contributed by atoms with Crippen LogP contribution in [-0.2, 0) is 19.1 Å². The Morgan fingerprint density at radius 1 is 0.864 bits per heavy atom. The Bertz CT molecular complexity index is 474. The average molecular weight is 306 g/mol. The summed E-state index contributed by atoms with van der Waals surface area (Å²) in [5.41, 5.74) is 0. The topological polar surface area (TPSA) is 52.6 Å². The highest BCUT2D eigenvalue weighted by atomic mass is 16.6. The van der Waals surface area contributed by atoms with Gasteiger partial charge < -0.3 is 9.47 Å². The lowest BCUT2D eigenvalue weighted by Crippen LogP contribution is -2.39. The van der Waals surface area contributed by atoms with E-state index in [1.165, 1.54) is 39.2 Å². The molecule has 4 heteroatoms. The fourth-order valence-corrected chi connectivity index (χ4v) is 5.83. The van der Waals surface area contributed by atoms with Crippen LogP contribution in [0.3, 0.4) is 0 Å². The molecule has 4 aliphatic rings. The van der Waals surface area contributed by atoms with Crippen molar-refractivity contribution in [2.75, 3.05) is 7.11 Å². The molecule has 22 heavy (non-hydrogen) atoms. The highest BCUT2D eigenvalue weighted by molar-refractivity contribution is 5.95. The second-order valence-corrected chi connectivity index (χ2v) is 7.99. The van der Waals surface area contributed by atoms with Crippen molar-refractivity contribution in [1.82, 2.24) is 0 Å². The van der Waals surface area contributed by atoms with E-state index in [-0.39, 0.29) is 24.0 Å². The summed E-state index contributed by atoms with van der Waals surface area (Å²) >= 11 is 0. The van der Waals surface area contributed by atoms with Crippen molar-refractivity contribution in [3.8, 4) is 0 Å². The molecular formula is C18H26O4. The summed E-state index contributed by atoms with van der Waals surface area (Å²) in [4.78, 5) is 24.9. The molecule has 0 N–H and O–H groups in total. The average Bonchev–Trinajstić information content (AvgIpc) is 3.27. The van der Waals surface area contributed by atoms with Crippen molar-refractivity contribution in [1.29, 1.82) is 0 Å². The second kappa shape index (κ2) is 5.54. The molecule has 0 amide bonds. The molecule has 4 bridgehead atoms. The first-order valence-electron chi connectivity index (χ1n) is 8.94. The largest absolute Gasteiger partial charge is 0.468 e. The molecule has 4 rings (SSSR count). The Morgan fingerprint density at radius 2 is 1.55 bits per heavy atom. The molecule has 0 aromatic heterocycles. The fraction of sp³-hybridized carbons (Fsp3) is 0.889. The Labute approximate surface area is 131 Å². The first kappa shape index (κ1) is 14.5. The Balaban J connectivity index is 1.46. The quantitative estimate of drug-likeness (QED) is 0.592. The van der Waals surface area contributed by atoms with Gasteiger partial charge in [-0.05, 0) is 74.5 Å². The molecule has 0 aromatic carbocycles. The minimum atomic E-state index is -0.681. The zero-order valence-electron chi connectivity index (χ0n) is 13.3. The molecule has 7 atom stereocenters.